The zero-order chi connectivity index (χ0) is 16.4. The van der Waals surface area contributed by atoms with Crippen molar-refractivity contribution < 1.29 is 4.92 Å². The molecule has 0 saturated carbocycles. The molecule has 23 heavy (non-hydrogen) atoms. The molecule has 122 valence electrons. The molecule has 1 aromatic rings. The lowest BCUT2D eigenvalue weighted by Gasteiger charge is -2.30. The second-order valence-electron chi connectivity index (χ2n) is 5.96. The fourth-order valence-corrected chi connectivity index (χ4v) is 3.02. The Balaban J connectivity index is 1.99. The van der Waals surface area contributed by atoms with Crippen LogP contribution in [0.5, 0.6) is 0 Å². The summed E-state index contributed by atoms with van der Waals surface area (Å²) in [7, 11) is 0. The minimum atomic E-state index is -0.338. The Morgan fingerprint density at radius 1 is 1.26 bits per heavy atom. The number of hydrogen-bond donors (Lipinski definition) is 1. The van der Waals surface area contributed by atoms with Gasteiger partial charge in [0.1, 0.15) is 5.69 Å². The Morgan fingerprint density at radius 2 is 2.00 bits per heavy atom. The van der Waals surface area contributed by atoms with Gasteiger partial charge in [-0.3, -0.25) is 15.1 Å². The summed E-state index contributed by atoms with van der Waals surface area (Å²) in [5.74, 6) is 0. The van der Waals surface area contributed by atoms with Crippen LogP contribution in [-0.2, 0) is 0 Å². The van der Waals surface area contributed by atoms with E-state index in [0.29, 0.717) is 12.2 Å². The smallest absolute Gasteiger partial charge is 0.294 e. The number of benzene rings is 1. The van der Waals surface area contributed by atoms with Gasteiger partial charge in [0.2, 0.25) is 0 Å². The van der Waals surface area contributed by atoms with Crippen molar-refractivity contribution in [1.82, 2.24) is 5.32 Å². The monoisotopic (exact) mass is 315 g/mol. The van der Waals surface area contributed by atoms with E-state index >= 15 is 0 Å². The molecule has 2 aliphatic rings. The third-order valence-electron chi connectivity index (χ3n) is 4.05. The summed E-state index contributed by atoms with van der Waals surface area (Å²) < 4.78 is 0. The van der Waals surface area contributed by atoms with Crippen molar-refractivity contribution >= 4 is 22.8 Å². The van der Waals surface area contributed by atoms with Crippen molar-refractivity contribution in [2.75, 3.05) is 42.6 Å². The van der Waals surface area contributed by atoms with E-state index in [0.717, 1.165) is 43.2 Å². The second kappa shape index (κ2) is 6.37. The van der Waals surface area contributed by atoms with E-state index in [1.165, 1.54) is 0 Å². The number of hydrazone groups is 1. The number of nitrogens with zero attached hydrogens (tertiary/aromatic N) is 4. The first-order valence-corrected chi connectivity index (χ1v) is 7.78. The van der Waals surface area contributed by atoms with Gasteiger partial charge < -0.3 is 10.2 Å². The number of nitro benzene ring substituents is 1. The molecule has 0 bridgehead atoms. The zero-order valence-corrected chi connectivity index (χ0v) is 13.5. The Bertz CT molecular complexity index is 677. The molecule has 0 amide bonds. The fourth-order valence-electron chi connectivity index (χ4n) is 3.02. The molecule has 1 aromatic carbocycles. The summed E-state index contributed by atoms with van der Waals surface area (Å²) in [4.78, 5) is 13.3. The van der Waals surface area contributed by atoms with Gasteiger partial charge in [-0.05, 0) is 32.1 Å². The maximum Gasteiger partial charge on any atom is 0.294 e. The molecular weight excluding hydrogens is 294 g/mol. The summed E-state index contributed by atoms with van der Waals surface area (Å²) >= 11 is 0. The summed E-state index contributed by atoms with van der Waals surface area (Å²) in [6.45, 7) is 8.14. The molecule has 0 aliphatic carbocycles. The molecule has 3 rings (SSSR count). The van der Waals surface area contributed by atoms with E-state index in [-0.39, 0.29) is 10.6 Å². The van der Waals surface area contributed by atoms with Crippen molar-refractivity contribution in [3.05, 3.63) is 40.0 Å². The molecule has 1 saturated heterocycles. The molecule has 2 aliphatic heterocycles. The zero-order valence-electron chi connectivity index (χ0n) is 13.5. The minimum absolute atomic E-state index is 0.0927. The topological polar surface area (TPSA) is 74.0 Å². The van der Waals surface area contributed by atoms with Crippen molar-refractivity contribution in [3.63, 3.8) is 0 Å². The first-order valence-electron chi connectivity index (χ1n) is 7.78. The molecule has 0 radical (unpaired) electrons. The Labute approximate surface area is 135 Å². The van der Waals surface area contributed by atoms with E-state index in [1.54, 1.807) is 11.1 Å². The number of piperazine rings is 1. The number of anilines is 2. The molecule has 7 heteroatoms. The molecule has 7 nitrogen and oxygen atoms in total. The average molecular weight is 315 g/mol. The standard InChI is InChI=1S/C16H21N5O2/c1-12-9-13(2)18-20(11-12)16-10-14(3-4-15(16)21(22)23)19-7-5-17-6-8-19/h3-4,9-10,17H,5-8,11H2,1-2H3. The summed E-state index contributed by atoms with van der Waals surface area (Å²) in [5, 5.41) is 20.9. The maximum atomic E-state index is 11.4. The average Bonchev–Trinajstić information content (AvgIpc) is 2.54. The van der Waals surface area contributed by atoms with Crippen molar-refractivity contribution in [2.24, 2.45) is 5.10 Å². The van der Waals surface area contributed by atoms with Crippen LogP contribution in [0.25, 0.3) is 0 Å². The predicted molar refractivity (Wildman–Crippen MR) is 92.4 cm³/mol. The van der Waals surface area contributed by atoms with E-state index in [4.69, 9.17) is 0 Å². The number of hydrogen-bond acceptors (Lipinski definition) is 6. The predicted octanol–water partition coefficient (Wildman–Crippen LogP) is 2.15. The van der Waals surface area contributed by atoms with Gasteiger partial charge in [0, 0.05) is 37.9 Å². The van der Waals surface area contributed by atoms with E-state index < -0.39 is 0 Å². The summed E-state index contributed by atoms with van der Waals surface area (Å²) in [5.41, 5.74) is 3.65. The largest absolute Gasteiger partial charge is 0.369 e. The third kappa shape index (κ3) is 3.34. The maximum absolute atomic E-state index is 11.4. The van der Waals surface area contributed by atoms with Gasteiger partial charge in [-0.15, -0.1) is 0 Å². The van der Waals surface area contributed by atoms with Crippen LogP contribution in [0.4, 0.5) is 17.1 Å². The molecule has 0 aromatic heterocycles. The molecule has 1 N–H and O–H groups in total. The van der Waals surface area contributed by atoms with Crippen LogP contribution in [-0.4, -0.2) is 43.4 Å². The fraction of sp³-hybridized carbons (Fsp3) is 0.438. The van der Waals surface area contributed by atoms with E-state index in [1.807, 2.05) is 32.1 Å². The van der Waals surface area contributed by atoms with E-state index in [9.17, 15) is 10.1 Å². The highest BCUT2D eigenvalue weighted by Crippen LogP contribution is 2.34. The molecule has 2 heterocycles. The van der Waals surface area contributed by atoms with Crippen LogP contribution in [0.1, 0.15) is 13.8 Å². The van der Waals surface area contributed by atoms with Crippen molar-refractivity contribution in [3.8, 4) is 0 Å². The molecule has 1 fully saturated rings. The number of nitrogens with one attached hydrogen (secondary N) is 1. The lowest BCUT2D eigenvalue weighted by molar-refractivity contribution is -0.384. The van der Waals surface area contributed by atoms with Gasteiger partial charge in [-0.1, -0.05) is 5.57 Å². The number of rotatable bonds is 3. The molecule has 0 spiro atoms. The highest BCUT2D eigenvalue weighted by molar-refractivity contribution is 5.95. The molecule has 0 atom stereocenters. The van der Waals surface area contributed by atoms with Crippen LogP contribution in [0.3, 0.4) is 0 Å². The Morgan fingerprint density at radius 3 is 2.65 bits per heavy atom. The lowest BCUT2D eigenvalue weighted by atomic mass is 10.1. The van der Waals surface area contributed by atoms with Gasteiger partial charge in [-0.25, -0.2) is 0 Å². The molecule has 0 unspecified atom stereocenters. The Hall–Kier alpha value is -2.41. The lowest BCUT2D eigenvalue weighted by Crippen LogP contribution is -2.43. The second-order valence-corrected chi connectivity index (χ2v) is 5.96. The Kier molecular flexibility index (Phi) is 4.29. The summed E-state index contributed by atoms with van der Waals surface area (Å²) in [6, 6.07) is 5.31. The third-order valence-corrected chi connectivity index (χ3v) is 4.05. The van der Waals surface area contributed by atoms with E-state index in [2.05, 4.69) is 15.3 Å². The number of nitro groups is 1. The summed E-state index contributed by atoms with van der Waals surface area (Å²) in [6.07, 6.45) is 2.00. The highest BCUT2D eigenvalue weighted by Gasteiger charge is 2.23. The van der Waals surface area contributed by atoms with Crippen molar-refractivity contribution in [1.29, 1.82) is 0 Å². The van der Waals surface area contributed by atoms with Crippen LogP contribution < -0.4 is 15.2 Å². The van der Waals surface area contributed by atoms with Gasteiger partial charge >= 0.3 is 0 Å². The van der Waals surface area contributed by atoms with Gasteiger partial charge in [0.15, 0.2) is 0 Å². The van der Waals surface area contributed by atoms with Crippen LogP contribution in [0, 0.1) is 10.1 Å². The normalized spacial score (nSPS) is 18.5. The first kappa shape index (κ1) is 15.5. The van der Waals surface area contributed by atoms with Gasteiger partial charge in [0.05, 0.1) is 17.2 Å². The molecular formula is C16H21N5O2. The van der Waals surface area contributed by atoms with Crippen LogP contribution >= 0.6 is 0 Å². The first-order chi connectivity index (χ1) is 11.0. The quantitative estimate of drug-likeness (QED) is 0.683. The number of allylic oxidation sites excluding steroid dienone is 1. The van der Waals surface area contributed by atoms with Crippen molar-refractivity contribution in [2.45, 2.75) is 13.8 Å². The van der Waals surface area contributed by atoms with Crippen LogP contribution in [0.15, 0.2) is 34.9 Å². The highest BCUT2D eigenvalue weighted by atomic mass is 16.6. The van der Waals surface area contributed by atoms with Gasteiger partial charge in [0.25, 0.3) is 5.69 Å². The van der Waals surface area contributed by atoms with Crippen LogP contribution in [0.2, 0.25) is 0 Å². The van der Waals surface area contributed by atoms with Gasteiger partial charge in [-0.2, -0.15) is 5.10 Å². The minimum Gasteiger partial charge on any atom is -0.369 e. The SMILES string of the molecule is CC1=CC(C)=NN(c2cc(N3CCNCC3)ccc2[N+](=O)[O-])C1.